The Morgan fingerprint density at radius 2 is 1.69 bits per heavy atom. The molecule has 6 N–H and O–H groups in total. The number of likely N-dealkylation sites (tertiary alicyclic amines) is 1. The van der Waals surface area contributed by atoms with E-state index >= 15 is 0 Å². The molecule has 15 heteroatoms. The number of carbonyl (C=O) groups is 5. The van der Waals surface area contributed by atoms with Crippen LogP contribution in [0.3, 0.4) is 0 Å². The van der Waals surface area contributed by atoms with Crippen LogP contribution in [0.1, 0.15) is 115 Å². The second-order valence-electron chi connectivity index (χ2n) is 14.6. The number of aromatic nitrogens is 3. The molecule has 2 aliphatic heterocycles. The molecule has 1 aromatic rings. The molecule has 0 radical (unpaired) electrons. The van der Waals surface area contributed by atoms with E-state index in [0.29, 0.717) is 12.1 Å². The molecule has 2 saturated heterocycles. The minimum absolute atomic E-state index is 0.0462. The van der Waals surface area contributed by atoms with Crippen molar-refractivity contribution in [2.24, 2.45) is 11.7 Å². The van der Waals surface area contributed by atoms with Gasteiger partial charge in [0, 0.05) is 45.1 Å². The highest BCUT2D eigenvalue weighted by Crippen LogP contribution is 2.34. The summed E-state index contributed by atoms with van der Waals surface area (Å²) in [6, 6.07) is -2.86. The molecule has 3 heterocycles. The van der Waals surface area contributed by atoms with Gasteiger partial charge in [-0.2, -0.15) is 0 Å². The van der Waals surface area contributed by atoms with Crippen LogP contribution in [0.4, 0.5) is 4.79 Å². The first kappa shape index (κ1) is 35.7. The standard InChI is InChI=1S/C33H52N8O7/c1-32(2,47)26-19-35-39-41(26)23-18-25(29(44)38-33(27(42)28(34)43)13-15-48-16-14-33)40(20-23)30(45)24(17-21-9-5-3-6-10-21)37-31(46)36-22-11-7-4-8-12-22/h19,21-25,47H,3-18,20H2,1-2H3,(H2,34,43)(H,38,44)(H2,36,37,46)/t23-,24+,25-/m0/s1. The third-order valence-corrected chi connectivity index (χ3v) is 10.6. The maximum Gasteiger partial charge on any atom is 0.315 e. The number of nitrogens with zero attached hydrogens (tertiary/aromatic N) is 4. The monoisotopic (exact) mass is 672 g/mol. The molecular formula is C33H52N8O7. The van der Waals surface area contributed by atoms with Gasteiger partial charge in [-0.15, -0.1) is 5.10 Å². The van der Waals surface area contributed by atoms with E-state index in [9.17, 15) is 29.1 Å². The second kappa shape index (κ2) is 15.3. The highest BCUT2D eigenvalue weighted by atomic mass is 16.5. The SMILES string of the molecule is CC(C)(O)c1cnnn1[C@H]1C[C@@H](C(=O)NC2(C(=O)C(N)=O)CCOCC2)N(C(=O)[C@@H](CC2CCCCC2)NC(=O)NC2CCCCC2)C1. The molecule has 266 valence electrons. The molecule has 0 unspecified atom stereocenters. The summed E-state index contributed by atoms with van der Waals surface area (Å²) in [5.74, 6) is -2.86. The Kier molecular flexibility index (Phi) is 11.4. The zero-order valence-corrected chi connectivity index (χ0v) is 28.2. The highest BCUT2D eigenvalue weighted by molar-refractivity contribution is 6.39. The van der Waals surface area contributed by atoms with E-state index in [-0.39, 0.29) is 51.0 Å². The molecule has 2 aliphatic carbocycles. The van der Waals surface area contributed by atoms with Gasteiger partial charge in [-0.3, -0.25) is 19.2 Å². The van der Waals surface area contributed by atoms with Crippen molar-refractivity contribution in [2.45, 2.75) is 139 Å². The Bertz CT molecular complexity index is 1330. The van der Waals surface area contributed by atoms with E-state index in [1.54, 1.807) is 13.8 Å². The smallest absolute Gasteiger partial charge is 0.315 e. The Morgan fingerprint density at radius 3 is 2.31 bits per heavy atom. The van der Waals surface area contributed by atoms with Gasteiger partial charge in [0.15, 0.2) is 0 Å². The van der Waals surface area contributed by atoms with E-state index in [4.69, 9.17) is 10.5 Å². The van der Waals surface area contributed by atoms with Gasteiger partial charge in [-0.25, -0.2) is 9.48 Å². The van der Waals surface area contributed by atoms with E-state index in [0.717, 1.165) is 64.2 Å². The van der Waals surface area contributed by atoms with Crippen molar-refractivity contribution in [1.29, 1.82) is 0 Å². The average molecular weight is 673 g/mol. The van der Waals surface area contributed by atoms with Crippen LogP contribution in [0.15, 0.2) is 6.20 Å². The lowest BCUT2D eigenvalue weighted by atomic mass is 9.84. The number of Topliss-reactive ketones (excluding diaryl/α,β-unsaturated/α-hetero) is 1. The number of hydrogen-bond acceptors (Lipinski definition) is 9. The van der Waals surface area contributed by atoms with Gasteiger partial charge in [-0.05, 0) is 39.0 Å². The first-order valence-corrected chi connectivity index (χ1v) is 17.6. The Labute approximate surface area is 281 Å². The van der Waals surface area contributed by atoms with E-state index < -0.39 is 58.8 Å². The van der Waals surface area contributed by atoms with Crippen LogP contribution in [0.5, 0.6) is 0 Å². The average Bonchev–Trinajstić information content (AvgIpc) is 3.74. The predicted molar refractivity (Wildman–Crippen MR) is 173 cm³/mol. The molecule has 2 saturated carbocycles. The summed E-state index contributed by atoms with van der Waals surface area (Å²) in [5, 5.41) is 27.9. The quantitative estimate of drug-likeness (QED) is 0.214. The fourth-order valence-electron chi connectivity index (χ4n) is 7.93. The normalized spacial score (nSPS) is 24.4. The zero-order valence-electron chi connectivity index (χ0n) is 28.2. The number of primary amides is 1. The van der Waals surface area contributed by atoms with Gasteiger partial charge < -0.3 is 36.4 Å². The van der Waals surface area contributed by atoms with Crippen LogP contribution in [0.2, 0.25) is 0 Å². The fraction of sp³-hybridized carbons (Fsp3) is 0.788. The van der Waals surface area contributed by atoms with Crippen molar-refractivity contribution in [1.82, 2.24) is 35.8 Å². The summed E-state index contributed by atoms with van der Waals surface area (Å²) >= 11 is 0. The van der Waals surface area contributed by atoms with Gasteiger partial charge in [-0.1, -0.05) is 56.6 Å². The second-order valence-corrected chi connectivity index (χ2v) is 14.6. The lowest BCUT2D eigenvalue weighted by Crippen LogP contribution is -2.64. The Hall–Kier alpha value is -3.59. The Morgan fingerprint density at radius 1 is 1.04 bits per heavy atom. The zero-order chi connectivity index (χ0) is 34.5. The summed E-state index contributed by atoms with van der Waals surface area (Å²) in [7, 11) is 0. The number of rotatable bonds is 11. The lowest BCUT2D eigenvalue weighted by molar-refractivity contribution is -0.147. The summed E-state index contributed by atoms with van der Waals surface area (Å²) in [6.07, 6.45) is 12.3. The van der Waals surface area contributed by atoms with Crippen LogP contribution in [-0.2, 0) is 29.5 Å². The number of ether oxygens (including phenoxy) is 1. The predicted octanol–water partition coefficient (Wildman–Crippen LogP) is 1.34. The maximum absolute atomic E-state index is 14.6. The summed E-state index contributed by atoms with van der Waals surface area (Å²) < 4.78 is 6.95. The van der Waals surface area contributed by atoms with Gasteiger partial charge >= 0.3 is 6.03 Å². The molecule has 3 atom stereocenters. The molecule has 0 spiro atoms. The van der Waals surface area contributed by atoms with E-state index in [2.05, 4.69) is 26.3 Å². The summed E-state index contributed by atoms with van der Waals surface area (Å²) in [5.41, 5.74) is 2.96. The van der Waals surface area contributed by atoms with Crippen LogP contribution >= 0.6 is 0 Å². The molecule has 1 aromatic heterocycles. The number of amides is 5. The van der Waals surface area contributed by atoms with Crippen molar-refractivity contribution in [3.63, 3.8) is 0 Å². The maximum atomic E-state index is 14.6. The topological polar surface area (TPSA) is 211 Å². The Balaban J connectivity index is 1.44. The van der Waals surface area contributed by atoms with Gasteiger partial charge in [0.1, 0.15) is 23.2 Å². The fourth-order valence-corrected chi connectivity index (χ4v) is 7.93. The van der Waals surface area contributed by atoms with Crippen LogP contribution < -0.4 is 21.7 Å². The van der Waals surface area contributed by atoms with Crippen molar-refractivity contribution >= 4 is 29.5 Å². The molecule has 0 bridgehead atoms. The van der Waals surface area contributed by atoms with E-state index in [1.807, 2.05) is 0 Å². The number of nitrogens with two attached hydrogens (primary N) is 1. The van der Waals surface area contributed by atoms with Crippen LogP contribution in [0, 0.1) is 5.92 Å². The number of aliphatic hydroxyl groups is 1. The summed E-state index contributed by atoms with van der Waals surface area (Å²) in [4.78, 5) is 68.8. The van der Waals surface area contributed by atoms with Gasteiger partial charge in [0.25, 0.3) is 5.91 Å². The van der Waals surface area contributed by atoms with E-state index in [1.165, 1.54) is 15.8 Å². The van der Waals surface area contributed by atoms with Crippen molar-refractivity contribution in [3.8, 4) is 0 Å². The van der Waals surface area contributed by atoms with Crippen molar-refractivity contribution in [2.75, 3.05) is 19.8 Å². The minimum atomic E-state index is -1.56. The van der Waals surface area contributed by atoms with Gasteiger partial charge in [0.2, 0.25) is 17.6 Å². The van der Waals surface area contributed by atoms with Crippen LogP contribution in [0.25, 0.3) is 0 Å². The third kappa shape index (κ3) is 8.33. The molecule has 15 nitrogen and oxygen atoms in total. The number of hydrogen-bond donors (Lipinski definition) is 5. The molecule has 5 rings (SSSR count). The molecule has 48 heavy (non-hydrogen) atoms. The minimum Gasteiger partial charge on any atom is -0.384 e. The van der Waals surface area contributed by atoms with Gasteiger partial charge in [0.05, 0.1) is 17.9 Å². The molecular weight excluding hydrogens is 620 g/mol. The number of ketones is 1. The first-order valence-electron chi connectivity index (χ1n) is 17.6. The first-order chi connectivity index (χ1) is 22.9. The van der Waals surface area contributed by atoms with Crippen molar-refractivity contribution < 1.29 is 33.8 Å². The molecule has 4 fully saturated rings. The molecule has 0 aromatic carbocycles. The highest BCUT2D eigenvalue weighted by Gasteiger charge is 2.49. The van der Waals surface area contributed by atoms with Crippen LogP contribution in [-0.4, -0.2) is 98.0 Å². The lowest BCUT2D eigenvalue weighted by Gasteiger charge is -2.37. The molecule has 5 amide bonds. The third-order valence-electron chi connectivity index (χ3n) is 10.6. The van der Waals surface area contributed by atoms with Crippen molar-refractivity contribution in [3.05, 3.63) is 11.9 Å². The number of nitrogens with one attached hydrogen (secondary N) is 3. The molecule has 4 aliphatic rings. The number of urea groups is 1. The largest absolute Gasteiger partial charge is 0.384 e. The number of carbonyl (C=O) groups excluding carboxylic acids is 5. The summed E-state index contributed by atoms with van der Waals surface area (Å²) in [6.45, 7) is 3.54.